The van der Waals surface area contributed by atoms with Gasteiger partial charge >= 0.3 is 0 Å². The van der Waals surface area contributed by atoms with Crippen LogP contribution in [0.5, 0.6) is 0 Å². The molecule has 6 heteroatoms. The quantitative estimate of drug-likeness (QED) is 0.675. The van der Waals surface area contributed by atoms with E-state index in [0.29, 0.717) is 5.82 Å². The molecule has 1 atom stereocenters. The number of hydrogen-bond acceptors (Lipinski definition) is 5. The van der Waals surface area contributed by atoms with Gasteiger partial charge < -0.3 is 5.32 Å². The number of carbonyl (C=O) groups is 1. The number of fused-ring (bicyclic) bond motifs is 1. The summed E-state index contributed by atoms with van der Waals surface area (Å²) in [5.41, 5.74) is 0.129. The molecule has 1 amide bonds. The summed E-state index contributed by atoms with van der Waals surface area (Å²) < 4.78 is 0. The molecule has 1 aliphatic carbocycles. The van der Waals surface area contributed by atoms with Crippen molar-refractivity contribution in [3.8, 4) is 6.07 Å². The number of aryl methyl sites for hydroxylation is 1. The molecule has 0 bridgehead atoms. The molecule has 2 aromatic rings. The third-order valence-corrected chi connectivity index (χ3v) is 5.04. The fourth-order valence-corrected chi connectivity index (χ4v) is 3.47. The summed E-state index contributed by atoms with van der Waals surface area (Å²) >= 11 is 1.38. The molecule has 5 nitrogen and oxygen atoms in total. The van der Waals surface area contributed by atoms with Gasteiger partial charge in [0.25, 0.3) is 0 Å². The molecule has 1 fully saturated rings. The van der Waals surface area contributed by atoms with Gasteiger partial charge in [-0.1, -0.05) is 30.0 Å². The number of para-hydroxylation sites is 1. The van der Waals surface area contributed by atoms with E-state index in [9.17, 15) is 10.1 Å². The summed E-state index contributed by atoms with van der Waals surface area (Å²) in [5, 5.41) is 13.9. The number of benzene rings is 1. The maximum atomic E-state index is 12.2. The first-order valence-electron chi connectivity index (χ1n) is 7.60. The predicted octanol–water partition coefficient (Wildman–Crippen LogP) is 2.84. The van der Waals surface area contributed by atoms with Gasteiger partial charge in [-0.05, 0) is 38.7 Å². The van der Waals surface area contributed by atoms with E-state index >= 15 is 0 Å². The van der Waals surface area contributed by atoms with Crippen LogP contribution < -0.4 is 5.32 Å². The van der Waals surface area contributed by atoms with Crippen LogP contribution in [0.2, 0.25) is 0 Å². The lowest BCUT2D eigenvalue weighted by molar-refractivity contribution is -0.119. The number of rotatable bonds is 5. The molecule has 0 unspecified atom stereocenters. The molecule has 3 rings (SSSR count). The van der Waals surface area contributed by atoms with E-state index < -0.39 is 5.54 Å². The molecule has 1 N–H and O–H groups in total. The van der Waals surface area contributed by atoms with Crippen LogP contribution in [-0.4, -0.2) is 27.2 Å². The van der Waals surface area contributed by atoms with Gasteiger partial charge in [-0.3, -0.25) is 4.79 Å². The number of thioether (sulfide) groups is 1. The van der Waals surface area contributed by atoms with Gasteiger partial charge in [0.1, 0.15) is 16.4 Å². The van der Waals surface area contributed by atoms with Crippen LogP contribution in [0, 0.1) is 24.2 Å². The second kappa shape index (κ2) is 6.17. The van der Waals surface area contributed by atoms with Crippen molar-refractivity contribution in [2.24, 2.45) is 5.92 Å². The van der Waals surface area contributed by atoms with Crippen LogP contribution in [-0.2, 0) is 4.79 Å². The molecule has 1 aliphatic rings. The fraction of sp³-hybridized carbons (Fsp3) is 0.412. The molecular weight excluding hydrogens is 308 g/mol. The third-order valence-electron chi connectivity index (χ3n) is 4.05. The highest BCUT2D eigenvalue weighted by Crippen LogP contribution is 2.39. The molecule has 0 radical (unpaired) electrons. The topological polar surface area (TPSA) is 78.7 Å². The molecule has 23 heavy (non-hydrogen) atoms. The number of hydrogen-bond donors (Lipinski definition) is 1. The Morgan fingerprint density at radius 2 is 2.17 bits per heavy atom. The van der Waals surface area contributed by atoms with E-state index in [4.69, 9.17) is 0 Å². The van der Waals surface area contributed by atoms with Gasteiger partial charge in [-0.2, -0.15) is 5.26 Å². The van der Waals surface area contributed by atoms with Crippen molar-refractivity contribution >= 4 is 28.6 Å². The van der Waals surface area contributed by atoms with Crippen LogP contribution in [0.1, 0.15) is 25.6 Å². The average Bonchev–Trinajstić information content (AvgIpc) is 3.37. The molecule has 0 aliphatic heterocycles. The van der Waals surface area contributed by atoms with Gasteiger partial charge in [0, 0.05) is 5.39 Å². The zero-order valence-corrected chi connectivity index (χ0v) is 14.0. The number of aromatic nitrogens is 2. The Bertz CT molecular complexity index is 797. The summed E-state index contributed by atoms with van der Waals surface area (Å²) in [4.78, 5) is 21.1. The monoisotopic (exact) mass is 326 g/mol. The maximum absolute atomic E-state index is 12.2. The molecule has 1 saturated carbocycles. The van der Waals surface area contributed by atoms with Crippen molar-refractivity contribution in [3.63, 3.8) is 0 Å². The van der Waals surface area contributed by atoms with Crippen molar-refractivity contribution in [3.05, 3.63) is 30.1 Å². The number of nitriles is 1. The first-order chi connectivity index (χ1) is 11.0. The maximum Gasteiger partial charge on any atom is 0.231 e. The minimum atomic E-state index is -0.749. The Balaban J connectivity index is 1.71. The van der Waals surface area contributed by atoms with Crippen molar-refractivity contribution < 1.29 is 4.79 Å². The normalized spacial score (nSPS) is 16.6. The highest BCUT2D eigenvalue weighted by Gasteiger charge is 2.42. The second-order valence-electron chi connectivity index (χ2n) is 6.02. The van der Waals surface area contributed by atoms with Crippen LogP contribution >= 0.6 is 11.8 Å². The van der Waals surface area contributed by atoms with Gasteiger partial charge in [-0.15, -0.1) is 0 Å². The lowest BCUT2D eigenvalue weighted by atomic mass is 9.98. The van der Waals surface area contributed by atoms with Gasteiger partial charge in [0.2, 0.25) is 5.91 Å². The summed E-state index contributed by atoms with van der Waals surface area (Å²) in [6.07, 6.45) is 2.01. The van der Waals surface area contributed by atoms with E-state index in [0.717, 1.165) is 28.8 Å². The van der Waals surface area contributed by atoms with Crippen LogP contribution in [0.3, 0.4) is 0 Å². The SMILES string of the molecule is Cc1nc(SCC(=O)N[C@](C)(C#N)C2CC2)c2ccccc2n1. The van der Waals surface area contributed by atoms with Gasteiger partial charge in [-0.25, -0.2) is 9.97 Å². The third kappa shape index (κ3) is 3.45. The first-order valence-corrected chi connectivity index (χ1v) is 8.59. The lowest BCUT2D eigenvalue weighted by Crippen LogP contribution is -2.47. The number of amides is 1. The summed E-state index contributed by atoms with van der Waals surface area (Å²) in [6.45, 7) is 3.65. The van der Waals surface area contributed by atoms with Crippen molar-refractivity contribution in [1.82, 2.24) is 15.3 Å². The molecule has 0 saturated heterocycles. The minimum absolute atomic E-state index is 0.133. The Labute approximate surface area is 139 Å². The summed E-state index contributed by atoms with van der Waals surface area (Å²) in [5.74, 6) is 1.08. The molecule has 1 heterocycles. The van der Waals surface area contributed by atoms with E-state index in [1.807, 2.05) is 31.2 Å². The molecule has 1 aromatic heterocycles. The smallest absolute Gasteiger partial charge is 0.231 e. The minimum Gasteiger partial charge on any atom is -0.337 e. The van der Waals surface area contributed by atoms with Gasteiger partial charge in [0.05, 0.1) is 17.3 Å². The Hall–Kier alpha value is -2.13. The Kier molecular flexibility index (Phi) is 4.22. The highest BCUT2D eigenvalue weighted by molar-refractivity contribution is 8.00. The van der Waals surface area contributed by atoms with Crippen molar-refractivity contribution in [1.29, 1.82) is 5.26 Å². The van der Waals surface area contributed by atoms with E-state index in [2.05, 4.69) is 21.4 Å². The van der Waals surface area contributed by atoms with Crippen LogP contribution in [0.4, 0.5) is 0 Å². The summed E-state index contributed by atoms with van der Waals surface area (Å²) in [6, 6.07) is 10.0. The molecule has 0 spiro atoms. The standard InChI is InChI=1S/C17H18N4OS/c1-11-19-14-6-4-3-5-13(14)16(20-11)23-9-15(22)21-17(2,10-18)12-7-8-12/h3-6,12H,7-9H2,1-2H3,(H,21,22)/t17-/m1/s1. The van der Waals surface area contributed by atoms with Crippen molar-refractivity contribution in [2.75, 3.05) is 5.75 Å². The molecular formula is C17H18N4OS. The largest absolute Gasteiger partial charge is 0.337 e. The zero-order valence-electron chi connectivity index (χ0n) is 13.2. The summed E-state index contributed by atoms with van der Waals surface area (Å²) in [7, 11) is 0. The van der Waals surface area contributed by atoms with E-state index in [1.54, 1.807) is 6.92 Å². The second-order valence-corrected chi connectivity index (χ2v) is 6.98. The van der Waals surface area contributed by atoms with E-state index in [1.165, 1.54) is 11.8 Å². The average molecular weight is 326 g/mol. The first kappa shape index (κ1) is 15.8. The predicted molar refractivity (Wildman–Crippen MR) is 89.9 cm³/mol. The number of nitrogens with zero attached hydrogens (tertiary/aromatic N) is 3. The van der Waals surface area contributed by atoms with Gasteiger partial charge in [0.15, 0.2) is 0 Å². The lowest BCUT2D eigenvalue weighted by Gasteiger charge is -2.22. The number of carbonyl (C=O) groups excluding carboxylic acids is 1. The van der Waals surface area contributed by atoms with Crippen LogP contribution in [0.15, 0.2) is 29.3 Å². The zero-order chi connectivity index (χ0) is 16.4. The Morgan fingerprint density at radius 3 is 2.87 bits per heavy atom. The fourth-order valence-electron chi connectivity index (χ4n) is 2.61. The Morgan fingerprint density at radius 1 is 1.43 bits per heavy atom. The molecule has 118 valence electrons. The van der Waals surface area contributed by atoms with E-state index in [-0.39, 0.29) is 17.6 Å². The van der Waals surface area contributed by atoms with Crippen molar-refractivity contribution in [2.45, 2.75) is 37.3 Å². The van der Waals surface area contributed by atoms with Crippen LogP contribution in [0.25, 0.3) is 10.9 Å². The highest BCUT2D eigenvalue weighted by atomic mass is 32.2. The molecule has 1 aromatic carbocycles. The number of nitrogens with one attached hydrogen (secondary N) is 1.